The normalized spacial score (nSPS) is 11.6. The first-order valence-corrected chi connectivity index (χ1v) is 11.3. The van der Waals surface area contributed by atoms with Crippen molar-refractivity contribution in [2.45, 2.75) is 13.0 Å². The minimum absolute atomic E-state index is 0.185. The summed E-state index contributed by atoms with van der Waals surface area (Å²) >= 11 is 0. The number of nitriles is 1. The molecule has 3 heterocycles. The van der Waals surface area contributed by atoms with Gasteiger partial charge in [0.25, 0.3) is 5.91 Å². The molecule has 182 valence electrons. The van der Waals surface area contributed by atoms with E-state index in [9.17, 15) is 14.4 Å². The fourth-order valence-corrected chi connectivity index (χ4v) is 4.06. The summed E-state index contributed by atoms with van der Waals surface area (Å²) in [6.45, 7) is 1.79. The molecule has 1 amide bonds. The van der Waals surface area contributed by atoms with E-state index in [1.54, 1.807) is 25.3 Å². The summed E-state index contributed by atoms with van der Waals surface area (Å²) in [6, 6.07) is 16.4. The third-order valence-electron chi connectivity index (χ3n) is 5.95. The second-order valence-electron chi connectivity index (χ2n) is 8.33. The number of nitrogens with two attached hydrogens (primary N) is 1. The summed E-state index contributed by atoms with van der Waals surface area (Å²) in [4.78, 5) is 29.1. The number of pyridine rings is 1. The first-order valence-electron chi connectivity index (χ1n) is 11.3. The second kappa shape index (κ2) is 9.75. The molecular formula is C27H21FN8O. The Kier molecular flexibility index (Phi) is 6.18. The van der Waals surface area contributed by atoms with Crippen LogP contribution in [0.4, 0.5) is 21.7 Å². The number of H-pyrrole nitrogens is 1. The van der Waals surface area contributed by atoms with Gasteiger partial charge in [0.15, 0.2) is 0 Å². The van der Waals surface area contributed by atoms with Gasteiger partial charge in [-0.1, -0.05) is 30.3 Å². The van der Waals surface area contributed by atoms with E-state index in [1.807, 2.05) is 30.3 Å². The van der Waals surface area contributed by atoms with Crippen LogP contribution in [0, 0.1) is 17.1 Å². The van der Waals surface area contributed by atoms with Gasteiger partial charge >= 0.3 is 0 Å². The number of rotatable bonds is 6. The molecule has 0 aliphatic rings. The standard InChI is InChI=1S/C27H21FN8O/c1-15(17-6-8-18(28)9-7-17)35-27(37)20-10-16(11-29)12-31-25(20)36-22-5-3-2-4-19(22)21-13-32-26-23(21)24(30)33-14-34-26/h2-10,12-15H,1H3,(H,31,36)(H,35,37)(H3,30,32,33,34). The minimum atomic E-state index is -0.439. The van der Waals surface area contributed by atoms with Crippen LogP contribution in [0.5, 0.6) is 0 Å². The van der Waals surface area contributed by atoms with Crippen LogP contribution in [0.2, 0.25) is 0 Å². The van der Waals surface area contributed by atoms with Crippen molar-refractivity contribution in [3.05, 3.63) is 95.8 Å². The van der Waals surface area contributed by atoms with E-state index in [0.717, 1.165) is 16.7 Å². The molecule has 9 nitrogen and oxygen atoms in total. The topological polar surface area (TPSA) is 145 Å². The Labute approximate surface area is 211 Å². The molecule has 2 aromatic carbocycles. The van der Waals surface area contributed by atoms with Gasteiger partial charge in [0.05, 0.1) is 22.6 Å². The molecule has 5 rings (SSSR count). The summed E-state index contributed by atoms with van der Waals surface area (Å²) in [5, 5.41) is 16.2. The second-order valence-corrected chi connectivity index (χ2v) is 8.33. The number of aromatic nitrogens is 4. The highest BCUT2D eigenvalue weighted by molar-refractivity contribution is 6.04. The maximum Gasteiger partial charge on any atom is 0.255 e. The molecule has 1 unspecified atom stereocenters. The van der Waals surface area contributed by atoms with Gasteiger partial charge in [0.2, 0.25) is 0 Å². The van der Waals surface area contributed by atoms with E-state index in [4.69, 9.17) is 5.73 Å². The lowest BCUT2D eigenvalue weighted by Crippen LogP contribution is -2.27. The quantitative estimate of drug-likeness (QED) is 0.265. The summed E-state index contributed by atoms with van der Waals surface area (Å²) in [7, 11) is 0. The predicted octanol–water partition coefficient (Wildman–Crippen LogP) is 4.85. The molecule has 37 heavy (non-hydrogen) atoms. The lowest BCUT2D eigenvalue weighted by Gasteiger charge is -2.17. The lowest BCUT2D eigenvalue weighted by molar-refractivity contribution is 0.0940. The average molecular weight is 493 g/mol. The van der Waals surface area contributed by atoms with Crippen LogP contribution in [0.15, 0.2) is 73.3 Å². The molecule has 0 bridgehead atoms. The zero-order valence-electron chi connectivity index (χ0n) is 19.7. The molecule has 10 heteroatoms. The number of hydrogen-bond donors (Lipinski definition) is 4. The highest BCUT2D eigenvalue weighted by Crippen LogP contribution is 2.36. The van der Waals surface area contributed by atoms with Gasteiger partial charge in [-0.25, -0.2) is 19.3 Å². The van der Waals surface area contributed by atoms with Crippen LogP contribution in [0.25, 0.3) is 22.2 Å². The molecule has 0 saturated carbocycles. The van der Waals surface area contributed by atoms with Gasteiger partial charge in [-0.2, -0.15) is 5.26 Å². The largest absolute Gasteiger partial charge is 0.383 e. The number of nitrogens with zero attached hydrogens (tertiary/aromatic N) is 4. The van der Waals surface area contributed by atoms with E-state index in [1.165, 1.54) is 30.7 Å². The van der Waals surface area contributed by atoms with Crippen molar-refractivity contribution in [1.29, 1.82) is 5.26 Å². The predicted molar refractivity (Wildman–Crippen MR) is 138 cm³/mol. The smallest absolute Gasteiger partial charge is 0.255 e. The van der Waals surface area contributed by atoms with E-state index in [0.29, 0.717) is 22.5 Å². The number of para-hydroxylation sites is 1. The zero-order valence-corrected chi connectivity index (χ0v) is 19.7. The van der Waals surface area contributed by atoms with Crippen LogP contribution in [0.3, 0.4) is 0 Å². The van der Waals surface area contributed by atoms with Gasteiger partial charge < -0.3 is 21.4 Å². The Morgan fingerprint density at radius 2 is 1.89 bits per heavy atom. The van der Waals surface area contributed by atoms with E-state index >= 15 is 0 Å². The molecule has 0 radical (unpaired) electrons. The minimum Gasteiger partial charge on any atom is -0.383 e. The molecular weight excluding hydrogens is 471 g/mol. The lowest BCUT2D eigenvalue weighted by atomic mass is 10.0. The van der Waals surface area contributed by atoms with Crippen molar-refractivity contribution >= 4 is 34.3 Å². The first-order chi connectivity index (χ1) is 17.9. The number of hydrogen-bond acceptors (Lipinski definition) is 7. The van der Waals surface area contributed by atoms with E-state index in [2.05, 4.69) is 30.6 Å². The van der Waals surface area contributed by atoms with Crippen LogP contribution in [-0.4, -0.2) is 25.8 Å². The molecule has 1 atom stereocenters. The fraction of sp³-hybridized carbons (Fsp3) is 0.0741. The Morgan fingerprint density at radius 3 is 2.68 bits per heavy atom. The molecule has 0 saturated heterocycles. The molecule has 3 aromatic heterocycles. The maximum absolute atomic E-state index is 13.3. The van der Waals surface area contributed by atoms with Gasteiger partial charge in [-0.15, -0.1) is 0 Å². The number of carbonyl (C=O) groups is 1. The molecule has 0 spiro atoms. The van der Waals surface area contributed by atoms with Crippen LogP contribution in [0.1, 0.15) is 34.5 Å². The monoisotopic (exact) mass is 492 g/mol. The maximum atomic E-state index is 13.3. The van der Waals surface area contributed by atoms with Crippen molar-refractivity contribution in [2.75, 3.05) is 11.1 Å². The Morgan fingerprint density at radius 1 is 1.11 bits per heavy atom. The zero-order chi connectivity index (χ0) is 25.9. The third kappa shape index (κ3) is 4.66. The van der Waals surface area contributed by atoms with E-state index < -0.39 is 11.9 Å². The Balaban J connectivity index is 1.50. The summed E-state index contributed by atoms with van der Waals surface area (Å²) in [5.41, 5.74) is 10.1. The number of anilines is 3. The van der Waals surface area contributed by atoms with Crippen LogP contribution < -0.4 is 16.4 Å². The number of nitrogen functional groups attached to an aromatic ring is 1. The number of benzene rings is 2. The van der Waals surface area contributed by atoms with Gasteiger partial charge in [-0.05, 0) is 36.8 Å². The molecule has 0 aliphatic carbocycles. The SMILES string of the molecule is CC(NC(=O)c1cc(C#N)cnc1Nc1ccccc1-c1c[nH]c2ncnc(N)c12)c1ccc(F)cc1. The number of halogens is 1. The third-order valence-corrected chi connectivity index (χ3v) is 5.95. The first kappa shape index (κ1) is 23.4. The number of amides is 1. The van der Waals surface area contributed by atoms with Gasteiger partial charge in [0.1, 0.15) is 35.5 Å². The Bertz CT molecular complexity index is 1660. The summed E-state index contributed by atoms with van der Waals surface area (Å²) in [5.74, 6) is -0.199. The number of nitrogens with one attached hydrogen (secondary N) is 3. The number of carbonyl (C=O) groups excluding carboxylic acids is 1. The van der Waals surface area contributed by atoms with Crippen molar-refractivity contribution in [1.82, 2.24) is 25.3 Å². The average Bonchev–Trinajstić information content (AvgIpc) is 3.35. The number of fused-ring (bicyclic) bond motifs is 1. The van der Waals surface area contributed by atoms with E-state index in [-0.39, 0.29) is 22.8 Å². The van der Waals surface area contributed by atoms with Crippen molar-refractivity contribution in [3.63, 3.8) is 0 Å². The molecule has 5 aromatic rings. The van der Waals surface area contributed by atoms with Gasteiger partial charge in [-0.3, -0.25) is 4.79 Å². The van der Waals surface area contributed by atoms with Gasteiger partial charge in [0, 0.05) is 29.2 Å². The number of aromatic amines is 1. The fourth-order valence-electron chi connectivity index (χ4n) is 4.06. The molecule has 5 N–H and O–H groups in total. The Hall–Kier alpha value is -5.30. The van der Waals surface area contributed by atoms with Crippen LogP contribution >= 0.6 is 0 Å². The highest BCUT2D eigenvalue weighted by atomic mass is 19.1. The van der Waals surface area contributed by atoms with Crippen molar-refractivity contribution < 1.29 is 9.18 Å². The summed E-state index contributed by atoms with van der Waals surface area (Å²) in [6.07, 6.45) is 4.57. The highest BCUT2D eigenvalue weighted by Gasteiger charge is 2.19. The molecule has 0 aliphatic heterocycles. The van der Waals surface area contributed by atoms with Crippen molar-refractivity contribution in [3.8, 4) is 17.2 Å². The van der Waals surface area contributed by atoms with Crippen LogP contribution in [-0.2, 0) is 0 Å². The van der Waals surface area contributed by atoms with Crippen molar-refractivity contribution in [2.24, 2.45) is 0 Å². The molecule has 0 fully saturated rings. The summed E-state index contributed by atoms with van der Waals surface area (Å²) < 4.78 is 13.3.